The van der Waals surface area contributed by atoms with Crippen LogP contribution in [-0.2, 0) is 0 Å². The number of nitrogens with zero attached hydrogens (tertiary/aromatic N) is 1. The summed E-state index contributed by atoms with van der Waals surface area (Å²) in [5, 5.41) is 0. The van der Waals surface area contributed by atoms with Crippen molar-refractivity contribution in [1.29, 1.82) is 0 Å². The average molecular weight is 105 g/mol. The number of rotatable bonds is 1. The molecule has 1 fully saturated rings. The first kappa shape index (κ1) is 4.55. The van der Waals surface area contributed by atoms with Crippen molar-refractivity contribution in [2.45, 2.75) is 0 Å². The molecule has 0 N–H and O–H groups in total. The van der Waals surface area contributed by atoms with Crippen molar-refractivity contribution in [1.82, 2.24) is 4.67 Å². The summed E-state index contributed by atoms with van der Waals surface area (Å²) in [5.74, 6) is 0. The van der Waals surface area contributed by atoms with Gasteiger partial charge in [0, 0.05) is 0 Å². The Hall–Kier alpha value is 0.390. The molecule has 1 aliphatic heterocycles. The Morgan fingerprint density at radius 1 is 1.33 bits per heavy atom. The van der Waals surface area contributed by atoms with Crippen LogP contribution in [0.25, 0.3) is 0 Å². The Labute approximate surface area is 40.1 Å². The molecule has 0 saturated carbocycles. The van der Waals surface area contributed by atoms with Crippen LogP contribution in [0.3, 0.4) is 0 Å². The molecule has 0 aliphatic carbocycles. The van der Waals surface area contributed by atoms with Crippen LogP contribution in [0.4, 0.5) is 0 Å². The number of hydrogen-bond donors (Lipinski definition) is 0. The zero-order valence-electron chi connectivity index (χ0n) is 4.44. The first-order chi connectivity index (χ1) is 2.80. The Balaban J connectivity index is 2.13. The van der Waals surface area contributed by atoms with E-state index in [0.717, 1.165) is 0 Å². The minimum absolute atomic E-state index is 0.160. The van der Waals surface area contributed by atoms with Crippen LogP contribution < -0.4 is 0 Å². The normalized spacial score (nSPS) is 25.5. The van der Waals surface area contributed by atoms with Crippen LogP contribution in [0.15, 0.2) is 0 Å². The predicted molar refractivity (Wildman–Crippen MR) is 33.1 cm³/mol. The molecular weight excluding hydrogens is 93.0 g/mol. The summed E-state index contributed by atoms with van der Waals surface area (Å²) in [6.07, 6.45) is 3.12. The van der Waals surface area contributed by atoms with Gasteiger partial charge in [-0.15, -0.1) is 0 Å². The molecule has 1 heterocycles. The van der Waals surface area contributed by atoms with Crippen molar-refractivity contribution < 1.29 is 0 Å². The molecule has 0 unspecified atom stereocenters. The Kier molecular flexibility index (Phi) is 1.12. The maximum absolute atomic E-state index is 2.42. The summed E-state index contributed by atoms with van der Waals surface area (Å²) in [6.45, 7) is 0. The number of hydrogen-bond acceptors (Lipinski definition) is 1. The van der Waals surface area contributed by atoms with Crippen LogP contribution in [0.5, 0.6) is 0 Å². The second kappa shape index (κ2) is 1.48. The van der Waals surface area contributed by atoms with Crippen LogP contribution in [0, 0.1) is 0 Å². The summed E-state index contributed by atoms with van der Waals surface area (Å²) >= 11 is 0. The van der Waals surface area contributed by atoms with E-state index in [-0.39, 0.29) is 8.07 Å². The van der Waals surface area contributed by atoms with E-state index in [0.29, 0.717) is 0 Å². The van der Waals surface area contributed by atoms with Gasteiger partial charge in [0.2, 0.25) is 0 Å². The molecule has 0 radical (unpaired) electrons. The Morgan fingerprint density at radius 2 is 1.83 bits per heavy atom. The third-order valence-electron chi connectivity index (χ3n) is 1.28. The van der Waals surface area contributed by atoms with Crippen LogP contribution in [0.2, 0.25) is 0 Å². The van der Waals surface area contributed by atoms with Crippen LogP contribution in [-0.4, -0.2) is 31.1 Å². The van der Waals surface area contributed by atoms with Crippen LogP contribution >= 0.6 is 8.07 Å². The third-order valence-corrected chi connectivity index (χ3v) is 3.83. The van der Waals surface area contributed by atoms with E-state index in [9.17, 15) is 0 Å². The molecule has 0 aromatic carbocycles. The van der Waals surface area contributed by atoms with E-state index in [1.165, 1.54) is 0 Å². The average Bonchev–Trinajstić information content (AvgIpc) is 2.06. The zero-order valence-corrected chi connectivity index (χ0v) is 5.59. The van der Waals surface area contributed by atoms with Crippen molar-refractivity contribution in [3.63, 3.8) is 0 Å². The molecule has 0 amide bonds. The quantitative estimate of drug-likeness (QED) is 0.437. The molecule has 2 heteroatoms. The topological polar surface area (TPSA) is 3.24 Å². The molecule has 1 nitrogen and oxygen atoms in total. The fraction of sp³-hybridized carbons (Fsp3) is 1.00. The molecule has 0 aromatic rings. The summed E-state index contributed by atoms with van der Waals surface area (Å²) in [6, 6.07) is 0. The standard InChI is InChI=1S/C4H12NP/c1-5(2)6-3-4-6/h3-4,6H2,1-2H3. The molecule has 1 aliphatic rings. The zero-order chi connectivity index (χ0) is 4.57. The molecule has 0 atom stereocenters. The van der Waals surface area contributed by atoms with Gasteiger partial charge < -0.3 is 0 Å². The van der Waals surface area contributed by atoms with E-state index < -0.39 is 0 Å². The first-order valence-electron chi connectivity index (χ1n) is 2.47. The molecule has 6 heavy (non-hydrogen) atoms. The van der Waals surface area contributed by atoms with Gasteiger partial charge in [-0.1, -0.05) is 0 Å². The van der Waals surface area contributed by atoms with Gasteiger partial charge in [0.05, 0.1) is 0 Å². The molecule has 38 valence electrons. The molecule has 0 bridgehead atoms. The Bertz CT molecular complexity index is 49.5. The fourth-order valence-electron chi connectivity index (χ4n) is 0.591. The van der Waals surface area contributed by atoms with Gasteiger partial charge in [0.25, 0.3) is 0 Å². The summed E-state index contributed by atoms with van der Waals surface area (Å²) in [4.78, 5) is 0. The van der Waals surface area contributed by atoms with E-state index in [1.807, 2.05) is 0 Å². The molecular formula is C4H12NP. The summed E-state index contributed by atoms with van der Waals surface area (Å²) in [7, 11) is 4.24. The van der Waals surface area contributed by atoms with Gasteiger partial charge in [0.15, 0.2) is 0 Å². The van der Waals surface area contributed by atoms with Crippen molar-refractivity contribution in [3.8, 4) is 0 Å². The van der Waals surface area contributed by atoms with Gasteiger partial charge in [-0.2, -0.15) is 0 Å². The molecule has 1 saturated heterocycles. The summed E-state index contributed by atoms with van der Waals surface area (Å²) in [5.41, 5.74) is 0. The monoisotopic (exact) mass is 105 g/mol. The Morgan fingerprint density at radius 3 is 1.83 bits per heavy atom. The van der Waals surface area contributed by atoms with Gasteiger partial charge >= 0.3 is 39.2 Å². The van der Waals surface area contributed by atoms with Gasteiger partial charge in [-0.3, -0.25) is 0 Å². The minimum atomic E-state index is -0.160. The molecule has 1 rings (SSSR count). The first-order valence-corrected chi connectivity index (χ1v) is 4.62. The van der Waals surface area contributed by atoms with E-state index in [1.54, 1.807) is 12.3 Å². The van der Waals surface area contributed by atoms with Crippen molar-refractivity contribution in [2.24, 2.45) is 0 Å². The molecule has 0 aromatic heterocycles. The predicted octanol–water partition coefficient (Wildman–Crippen LogP) is 0.423. The van der Waals surface area contributed by atoms with Gasteiger partial charge in [0.1, 0.15) is 0 Å². The van der Waals surface area contributed by atoms with Crippen molar-refractivity contribution in [3.05, 3.63) is 0 Å². The maximum atomic E-state index is 2.42. The third kappa shape index (κ3) is 0.924. The van der Waals surface area contributed by atoms with E-state index >= 15 is 0 Å². The van der Waals surface area contributed by atoms with Gasteiger partial charge in [-0.25, -0.2) is 0 Å². The summed E-state index contributed by atoms with van der Waals surface area (Å²) < 4.78 is 2.42. The SMILES string of the molecule is CN(C)[PH2]1CC1. The second-order valence-corrected chi connectivity index (χ2v) is 5.69. The fourth-order valence-corrected chi connectivity index (χ4v) is 2.22. The second-order valence-electron chi connectivity index (χ2n) is 2.19. The van der Waals surface area contributed by atoms with Crippen molar-refractivity contribution in [2.75, 3.05) is 26.4 Å². The van der Waals surface area contributed by atoms with E-state index in [2.05, 4.69) is 18.8 Å². The van der Waals surface area contributed by atoms with Crippen LogP contribution in [0.1, 0.15) is 0 Å². The van der Waals surface area contributed by atoms with Crippen molar-refractivity contribution >= 4 is 8.07 Å². The molecule has 0 spiro atoms. The van der Waals surface area contributed by atoms with Gasteiger partial charge in [-0.05, 0) is 0 Å². The van der Waals surface area contributed by atoms with E-state index in [4.69, 9.17) is 0 Å².